The van der Waals surface area contributed by atoms with Gasteiger partial charge in [0.2, 0.25) is 0 Å². The van der Waals surface area contributed by atoms with Crippen LogP contribution in [0.1, 0.15) is 15.9 Å². The molecule has 0 aromatic heterocycles. The molecule has 1 fully saturated rings. The fourth-order valence-corrected chi connectivity index (χ4v) is 2.10. The minimum atomic E-state index is -0.327. The molecule has 1 heterocycles. The van der Waals surface area contributed by atoms with E-state index in [1.807, 2.05) is 6.92 Å². The van der Waals surface area contributed by atoms with E-state index < -0.39 is 0 Å². The molecule has 2 rings (SSSR count). The number of hydrogen-bond donors (Lipinski definition) is 1. The van der Waals surface area contributed by atoms with Crippen LogP contribution in [-0.2, 0) is 4.74 Å². The highest BCUT2D eigenvalue weighted by atomic mass is 35.5. The largest absolute Gasteiger partial charge is 0.496 e. The fraction of sp³-hybridized carbons (Fsp3) is 0.462. The number of aryl methyl sites for hydroxylation is 1. The second kappa shape index (κ2) is 5.69. The standard InChI is InChI=1S/C13H16ClNO3/c1-8-5-12(17-2)9(6-10(8)14)13(16)11-7-18-4-3-15-11/h5-6,11,15H,3-4,7H2,1-2H3. The first-order valence-corrected chi connectivity index (χ1v) is 6.20. The molecule has 1 aromatic rings. The van der Waals surface area contributed by atoms with E-state index in [2.05, 4.69) is 5.32 Å². The Kier molecular flexibility index (Phi) is 4.22. The first-order chi connectivity index (χ1) is 8.63. The van der Waals surface area contributed by atoms with Crippen molar-refractivity contribution in [2.45, 2.75) is 13.0 Å². The number of methoxy groups -OCH3 is 1. The van der Waals surface area contributed by atoms with Gasteiger partial charge in [-0.2, -0.15) is 0 Å². The van der Waals surface area contributed by atoms with Gasteiger partial charge >= 0.3 is 0 Å². The molecule has 0 radical (unpaired) electrons. The fourth-order valence-electron chi connectivity index (χ4n) is 1.94. The molecule has 1 atom stereocenters. The number of nitrogens with one attached hydrogen (secondary N) is 1. The molecule has 1 N–H and O–H groups in total. The van der Waals surface area contributed by atoms with Crippen molar-refractivity contribution in [3.05, 3.63) is 28.3 Å². The van der Waals surface area contributed by atoms with Crippen molar-refractivity contribution < 1.29 is 14.3 Å². The normalized spacial score (nSPS) is 19.6. The van der Waals surface area contributed by atoms with Crippen molar-refractivity contribution in [2.24, 2.45) is 0 Å². The maximum absolute atomic E-state index is 12.4. The van der Waals surface area contributed by atoms with Crippen molar-refractivity contribution in [1.82, 2.24) is 5.32 Å². The zero-order valence-corrected chi connectivity index (χ0v) is 11.2. The topological polar surface area (TPSA) is 47.6 Å². The minimum absolute atomic E-state index is 0.0477. The highest BCUT2D eigenvalue weighted by Crippen LogP contribution is 2.27. The van der Waals surface area contributed by atoms with E-state index in [0.717, 1.165) is 5.56 Å². The van der Waals surface area contributed by atoms with Crippen LogP contribution in [0.3, 0.4) is 0 Å². The first kappa shape index (κ1) is 13.3. The predicted octanol–water partition coefficient (Wildman–Crippen LogP) is 1.83. The van der Waals surface area contributed by atoms with E-state index >= 15 is 0 Å². The molecular weight excluding hydrogens is 254 g/mol. The lowest BCUT2D eigenvalue weighted by atomic mass is 10.0. The first-order valence-electron chi connectivity index (χ1n) is 5.83. The molecule has 0 saturated carbocycles. The van der Waals surface area contributed by atoms with Gasteiger partial charge in [0.05, 0.1) is 31.9 Å². The Hall–Kier alpha value is -1.10. The Bertz CT molecular complexity index is 456. The smallest absolute Gasteiger partial charge is 0.185 e. The minimum Gasteiger partial charge on any atom is -0.496 e. The Morgan fingerprint density at radius 2 is 2.33 bits per heavy atom. The van der Waals surface area contributed by atoms with Gasteiger partial charge in [0.1, 0.15) is 5.75 Å². The van der Waals surface area contributed by atoms with Crippen LogP contribution in [0.15, 0.2) is 12.1 Å². The second-order valence-electron chi connectivity index (χ2n) is 4.25. The molecule has 18 heavy (non-hydrogen) atoms. The average Bonchev–Trinajstić information content (AvgIpc) is 2.41. The maximum atomic E-state index is 12.4. The summed E-state index contributed by atoms with van der Waals surface area (Å²) in [5.74, 6) is 0.503. The van der Waals surface area contributed by atoms with Crippen LogP contribution < -0.4 is 10.1 Å². The summed E-state index contributed by atoms with van der Waals surface area (Å²) in [6.07, 6.45) is 0. The number of halogens is 1. The Balaban J connectivity index is 2.31. The van der Waals surface area contributed by atoms with Crippen molar-refractivity contribution in [3.8, 4) is 5.75 Å². The number of Topliss-reactive ketones (excluding diaryl/α,β-unsaturated/α-hetero) is 1. The zero-order chi connectivity index (χ0) is 13.1. The summed E-state index contributed by atoms with van der Waals surface area (Å²) in [5, 5.41) is 3.70. The Morgan fingerprint density at radius 1 is 1.56 bits per heavy atom. The number of benzene rings is 1. The number of morpholine rings is 1. The molecule has 98 valence electrons. The van der Waals surface area contributed by atoms with Crippen molar-refractivity contribution in [2.75, 3.05) is 26.9 Å². The van der Waals surface area contributed by atoms with Crippen molar-refractivity contribution >= 4 is 17.4 Å². The van der Waals surface area contributed by atoms with Gasteiger partial charge in [-0.25, -0.2) is 0 Å². The van der Waals surface area contributed by atoms with Crippen molar-refractivity contribution in [3.63, 3.8) is 0 Å². The van der Waals surface area contributed by atoms with Crippen LogP contribution in [-0.4, -0.2) is 38.7 Å². The summed E-state index contributed by atoms with van der Waals surface area (Å²) >= 11 is 6.07. The molecule has 0 spiro atoms. The molecule has 1 aliphatic heterocycles. The second-order valence-corrected chi connectivity index (χ2v) is 4.65. The monoisotopic (exact) mass is 269 g/mol. The summed E-state index contributed by atoms with van der Waals surface area (Å²) < 4.78 is 10.5. The van der Waals surface area contributed by atoms with Crippen molar-refractivity contribution in [1.29, 1.82) is 0 Å². The van der Waals surface area contributed by atoms with Crippen LogP contribution in [0.2, 0.25) is 5.02 Å². The van der Waals surface area contributed by atoms with Gasteiger partial charge in [-0.05, 0) is 24.6 Å². The molecule has 0 aliphatic carbocycles. The molecule has 4 nitrogen and oxygen atoms in total. The lowest BCUT2D eigenvalue weighted by Crippen LogP contribution is -2.46. The summed E-state index contributed by atoms with van der Waals surface area (Å²) in [4.78, 5) is 12.4. The van der Waals surface area contributed by atoms with Crippen LogP contribution in [0.25, 0.3) is 0 Å². The molecule has 1 unspecified atom stereocenters. The number of carbonyl (C=O) groups excluding carboxylic acids is 1. The number of ether oxygens (including phenoxy) is 2. The van der Waals surface area contributed by atoms with Gasteiger partial charge in [-0.15, -0.1) is 0 Å². The number of hydrogen-bond acceptors (Lipinski definition) is 4. The summed E-state index contributed by atoms with van der Waals surface area (Å²) in [6.45, 7) is 3.57. The third-order valence-electron chi connectivity index (χ3n) is 2.98. The molecule has 5 heteroatoms. The third kappa shape index (κ3) is 2.66. The Labute approximate surface area is 111 Å². The summed E-state index contributed by atoms with van der Waals surface area (Å²) in [5.41, 5.74) is 1.38. The van der Waals surface area contributed by atoms with Crippen LogP contribution in [0, 0.1) is 6.92 Å². The number of rotatable bonds is 3. The Morgan fingerprint density at radius 3 is 2.94 bits per heavy atom. The van der Waals surface area contributed by atoms with E-state index in [-0.39, 0.29) is 11.8 Å². The van der Waals surface area contributed by atoms with Gasteiger partial charge in [0.15, 0.2) is 5.78 Å². The van der Waals surface area contributed by atoms with Gasteiger partial charge in [-0.3, -0.25) is 4.79 Å². The molecule has 1 saturated heterocycles. The van der Waals surface area contributed by atoms with Crippen LogP contribution >= 0.6 is 11.6 Å². The molecular formula is C13H16ClNO3. The van der Waals surface area contributed by atoms with E-state index in [4.69, 9.17) is 21.1 Å². The van der Waals surface area contributed by atoms with Gasteiger partial charge < -0.3 is 14.8 Å². The lowest BCUT2D eigenvalue weighted by Gasteiger charge is -2.23. The third-order valence-corrected chi connectivity index (χ3v) is 3.39. The molecule has 0 amide bonds. The average molecular weight is 270 g/mol. The van der Waals surface area contributed by atoms with E-state index in [1.165, 1.54) is 0 Å². The number of ketones is 1. The zero-order valence-electron chi connectivity index (χ0n) is 10.5. The summed E-state index contributed by atoms with van der Waals surface area (Å²) in [6, 6.07) is 3.11. The van der Waals surface area contributed by atoms with E-state index in [9.17, 15) is 4.79 Å². The maximum Gasteiger partial charge on any atom is 0.185 e. The number of carbonyl (C=O) groups is 1. The SMILES string of the molecule is COc1cc(C)c(Cl)cc1C(=O)C1COCCN1. The van der Waals surface area contributed by atoms with Crippen LogP contribution in [0.4, 0.5) is 0 Å². The van der Waals surface area contributed by atoms with Gasteiger partial charge in [-0.1, -0.05) is 11.6 Å². The van der Waals surface area contributed by atoms with E-state index in [0.29, 0.717) is 36.1 Å². The lowest BCUT2D eigenvalue weighted by molar-refractivity contribution is 0.0605. The molecule has 1 aliphatic rings. The van der Waals surface area contributed by atoms with Crippen LogP contribution in [0.5, 0.6) is 5.75 Å². The highest BCUT2D eigenvalue weighted by Gasteiger charge is 2.25. The van der Waals surface area contributed by atoms with Gasteiger partial charge in [0.25, 0.3) is 0 Å². The highest BCUT2D eigenvalue weighted by molar-refractivity contribution is 6.31. The predicted molar refractivity (Wildman–Crippen MR) is 69.7 cm³/mol. The molecule has 1 aromatic carbocycles. The molecule has 0 bridgehead atoms. The van der Waals surface area contributed by atoms with Gasteiger partial charge in [0, 0.05) is 11.6 Å². The quantitative estimate of drug-likeness (QED) is 0.851. The van der Waals surface area contributed by atoms with E-state index in [1.54, 1.807) is 19.2 Å². The summed E-state index contributed by atoms with van der Waals surface area (Å²) in [7, 11) is 1.55.